The second-order valence-electron chi connectivity index (χ2n) is 4.67. The highest BCUT2D eigenvalue weighted by Crippen LogP contribution is 2.24. The van der Waals surface area contributed by atoms with E-state index in [2.05, 4.69) is 5.32 Å². The number of hydrogen-bond acceptors (Lipinski definition) is 3. The first-order valence-electron chi connectivity index (χ1n) is 6.50. The van der Waals surface area contributed by atoms with Gasteiger partial charge >= 0.3 is 0 Å². The van der Waals surface area contributed by atoms with Crippen LogP contribution in [0.3, 0.4) is 0 Å². The molecule has 2 aromatic carbocycles. The average molecular weight is 274 g/mol. The van der Waals surface area contributed by atoms with E-state index >= 15 is 0 Å². The van der Waals surface area contributed by atoms with Crippen LogP contribution in [0.1, 0.15) is 17.2 Å². The number of anilines is 1. The molecule has 4 heteroatoms. The fraction of sp³-hybridized carbons (Fsp3) is 0.250. The van der Waals surface area contributed by atoms with E-state index in [0.29, 0.717) is 6.54 Å². The van der Waals surface area contributed by atoms with Gasteiger partial charge in [-0.05, 0) is 42.3 Å². The Labute approximate surface area is 118 Å². The predicted molar refractivity (Wildman–Crippen MR) is 79.5 cm³/mol. The van der Waals surface area contributed by atoms with Crippen molar-refractivity contribution in [3.8, 4) is 5.75 Å². The fourth-order valence-electron chi connectivity index (χ4n) is 2.21. The van der Waals surface area contributed by atoms with Crippen LogP contribution in [-0.2, 0) is 0 Å². The molecule has 0 radical (unpaired) electrons. The molecule has 0 fully saturated rings. The summed E-state index contributed by atoms with van der Waals surface area (Å²) in [4.78, 5) is 0. The average Bonchev–Trinajstić information content (AvgIpc) is 2.45. The number of ether oxygens (including phenoxy) is 1. The van der Waals surface area contributed by atoms with Gasteiger partial charge in [0, 0.05) is 18.3 Å². The van der Waals surface area contributed by atoms with Crippen molar-refractivity contribution in [2.75, 3.05) is 19.0 Å². The van der Waals surface area contributed by atoms with Crippen LogP contribution in [0.4, 0.5) is 10.1 Å². The van der Waals surface area contributed by atoms with Crippen LogP contribution in [0, 0.1) is 12.7 Å². The lowest BCUT2D eigenvalue weighted by molar-refractivity contribution is 0.415. The highest BCUT2D eigenvalue weighted by Gasteiger charge is 2.12. The summed E-state index contributed by atoms with van der Waals surface area (Å²) in [5, 5.41) is 3.35. The lowest BCUT2D eigenvalue weighted by Crippen LogP contribution is -2.21. The quantitative estimate of drug-likeness (QED) is 0.879. The Bertz CT molecular complexity index is 586. The van der Waals surface area contributed by atoms with Crippen LogP contribution in [0.25, 0.3) is 0 Å². The number of methoxy groups -OCH3 is 1. The normalized spacial score (nSPS) is 12.0. The van der Waals surface area contributed by atoms with Crippen LogP contribution < -0.4 is 15.8 Å². The van der Waals surface area contributed by atoms with Crippen molar-refractivity contribution >= 4 is 5.69 Å². The van der Waals surface area contributed by atoms with Crippen LogP contribution in [0.2, 0.25) is 0 Å². The van der Waals surface area contributed by atoms with Gasteiger partial charge in [-0.3, -0.25) is 0 Å². The summed E-state index contributed by atoms with van der Waals surface area (Å²) in [6.45, 7) is 2.30. The molecule has 2 aromatic rings. The van der Waals surface area contributed by atoms with E-state index < -0.39 is 0 Å². The Kier molecular flexibility index (Phi) is 4.58. The molecule has 1 unspecified atom stereocenters. The summed E-state index contributed by atoms with van der Waals surface area (Å²) < 4.78 is 18.4. The molecular weight excluding hydrogens is 255 g/mol. The van der Waals surface area contributed by atoms with Crippen LogP contribution in [-0.4, -0.2) is 13.7 Å². The molecule has 0 aromatic heterocycles. The van der Waals surface area contributed by atoms with Crippen LogP contribution >= 0.6 is 0 Å². The molecule has 1 atom stereocenters. The Hall–Kier alpha value is -2.07. The molecule has 3 nitrogen and oxygen atoms in total. The third kappa shape index (κ3) is 3.27. The predicted octanol–water partition coefficient (Wildman–Crippen LogP) is 3.25. The molecule has 2 rings (SSSR count). The minimum atomic E-state index is -0.233. The maximum absolute atomic E-state index is 13.2. The van der Waals surface area contributed by atoms with Crippen molar-refractivity contribution < 1.29 is 9.13 Å². The van der Waals surface area contributed by atoms with Crippen LogP contribution in [0.15, 0.2) is 42.5 Å². The van der Waals surface area contributed by atoms with Gasteiger partial charge in [-0.15, -0.1) is 0 Å². The highest BCUT2D eigenvalue weighted by molar-refractivity contribution is 5.50. The van der Waals surface area contributed by atoms with E-state index in [0.717, 1.165) is 22.6 Å². The number of hydrogen-bond donors (Lipinski definition) is 2. The summed E-state index contributed by atoms with van der Waals surface area (Å²) >= 11 is 0. The van der Waals surface area contributed by atoms with E-state index in [1.54, 1.807) is 13.2 Å². The maximum atomic E-state index is 13.2. The zero-order valence-corrected chi connectivity index (χ0v) is 11.7. The zero-order chi connectivity index (χ0) is 14.5. The van der Waals surface area contributed by atoms with E-state index in [1.807, 2.05) is 31.2 Å². The SMILES string of the molecule is COc1cccc(NC(CN)c2ccc(F)cc2C)c1. The second-order valence-corrected chi connectivity index (χ2v) is 4.67. The first-order valence-corrected chi connectivity index (χ1v) is 6.50. The monoisotopic (exact) mass is 274 g/mol. The number of benzene rings is 2. The van der Waals surface area contributed by atoms with Gasteiger partial charge in [0.15, 0.2) is 0 Å². The van der Waals surface area contributed by atoms with E-state index in [1.165, 1.54) is 12.1 Å². The van der Waals surface area contributed by atoms with Crippen molar-refractivity contribution in [2.45, 2.75) is 13.0 Å². The van der Waals surface area contributed by atoms with Gasteiger partial charge in [0.25, 0.3) is 0 Å². The fourth-order valence-corrected chi connectivity index (χ4v) is 2.21. The molecule has 0 aliphatic heterocycles. The standard InChI is InChI=1S/C16H19FN2O/c1-11-8-12(17)6-7-15(11)16(10-18)19-13-4-3-5-14(9-13)20-2/h3-9,16,19H,10,18H2,1-2H3. The Morgan fingerprint density at radius 2 is 2.05 bits per heavy atom. The number of aryl methyl sites for hydroxylation is 1. The molecule has 0 aliphatic carbocycles. The van der Waals surface area contributed by atoms with E-state index in [4.69, 9.17) is 10.5 Å². The van der Waals surface area contributed by atoms with Gasteiger partial charge in [0.05, 0.1) is 13.2 Å². The number of nitrogens with two attached hydrogens (primary N) is 1. The van der Waals surface area contributed by atoms with Crippen molar-refractivity contribution in [2.24, 2.45) is 5.73 Å². The molecule has 0 aliphatic rings. The molecule has 20 heavy (non-hydrogen) atoms. The van der Waals surface area contributed by atoms with Gasteiger partial charge in [-0.2, -0.15) is 0 Å². The molecule has 0 amide bonds. The van der Waals surface area contributed by atoms with E-state index in [-0.39, 0.29) is 11.9 Å². The first kappa shape index (κ1) is 14.3. The summed E-state index contributed by atoms with van der Waals surface area (Å²) in [6, 6.07) is 12.3. The molecule has 0 spiro atoms. The Morgan fingerprint density at radius 3 is 2.70 bits per heavy atom. The topological polar surface area (TPSA) is 47.3 Å². The first-order chi connectivity index (χ1) is 9.63. The van der Waals surface area contributed by atoms with Crippen molar-refractivity contribution in [1.82, 2.24) is 0 Å². The van der Waals surface area contributed by atoms with Gasteiger partial charge in [0.1, 0.15) is 11.6 Å². The molecule has 3 N–H and O–H groups in total. The third-order valence-electron chi connectivity index (χ3n) is 3.25. The smallest absolute Gasteiger partial charge is 0.123 e. The number of rotatable bonds is 5. The summed E-state index contributed by atoms with van der Waals surface area (Å²) in [5.74, 6) is 0.546. The maximum Gasteiger partial charge on any atom is 0.123 e. The number of halogens is 1. The van der Waals surface area contributed by atoms with E-state index in [9.17, 15) is 4.39 Å². The minimum Gasteiger partial charge on any atom is -0.497 e. The Morgan fingerprint density at radius 1 is 1.25 bits per heavy atom. The van der Waals surface area contributed by atoms with Crippen molar-refractivity contribution in [3.05, 3.63) is 59.4 Å². The van der Waals surface area contributed by atoms with Crippen molar-refractivity contribution in [3.63, 3.8) is 0 Å². The lowest BCUT2D eigenvalue weighted by atomic mass is 10.0. The van der Waals surface area contributed by atoms with Crippen molar-refractivity contribution in [1.29, 1.82) is 0 Å². The molecule has 0 heterocycles. The molecule has 0 saturated carbocycles. The summed E-state index contributed by atoms with van der Waals surface area (Å²) in [6.07, 6.45) is 0. The van der Waals surface area contributed by atoms with Crippen LogP contribution in [0.5, 0.6) is 5.75 Å². The van der Waals surface area contributed by atoms with Gasteiger partial charge in [-0.1, -0.05) is 12.1 Å². The van der Waals surface area contributed by atoms with Gasteiger partial charge < -0.3 is 15.8 Å². The largest absolute Gasteiger partial charge is 0.497 e. The number of nitrogens with one attached hydrogen (secondary N) is 1. The van der Waals surface area contributed by atoms with Gasteiger partial charge in [-0.25, -0.2) is 4.39 Å². The molecular formula is C16H19FN2O. The minimum absolute atomic E-state index is 0.0669. The second kappa shape index (κ2) is 6.39. The Balaban J connectivity index is 2.23. The highest BCUT2D eigenvalue weighted by atomic mass is 19.1. The zero-order valence-electron chi connectivity index (χ0n) is 11.7. The third-order valence-corrected chi connectivity index (χ3v) is 3.25. The summed E-state index contributed by atoms with van der Waals surface area (Å²) in [7, 11) is 1.63. The van der Waals surface area contributed by atoms with Gasteiger partial charge in [0.2, 0.25) is 0 Å². The molecule has 0 bridgehead atoms. The summed E-state index contributed by atoms with van der Waals surface area (Å²) in [5.41, 5.74) is 8.64. The molecule has 106 valence electrons. The molecule has 0 saturated heterocycles. The lowest BCUT2D eigenvalue weighted by Gasteiger charge is -2.21.